The second-order valence-electron chi connectivity index (χ2n) is 6.16. The van der Waals surface area contributed by atoms with Gasteiger partial charge in [0.15, 0.2) is 0 Å². The second-order valence-corrected chi connectivity index (χ2v) is 8.54. The number of ether oxygens (including phenoxy) is 1. The van der Waals surface area contributed by atoms with Crippen LogP contribution in [0.2, 0.25) is 5.02 Å². The zero-order valence-corrected chi connectivity index (χ0v) is 16.5. The highest BCUT2D eigenvalue weighted by molar-refractivity contribution is 7.89. The number of hydrogen-bond acceptors (Lipinski definition) is 4. The summed E-state index contributed by atoms with van der Waals surface area (Å²) < 4.78 is 32.6. The van der Waals surface area contributed by atoms with Crippen molar-refractivity contribution in [3.63, 3.8) is 0 Å². The summed E-state index contributed by atoms with van der Waals surface area (Å²) in [5.74, 6) is 0.0449. The highest BCUT2D eigenvalue weighted by Crippen LogP contribution is 2.30. The molecule has 2 aromatic rings. The topological polar surface area (TPSA) is 75.7 Å². The van der Waals surface area contributed by atoms with Gasteiger partial charge >= 0.3 is 0 Å². The lowest BCUT2D eigenvalue weighted by atomic mass is 10.2. The fraction of sp³-hybridized carbons (Fsp3) is 0.316. The van der Waals surface area contributed by atoms with Gasteiger partial charge in [-0.05, 0) is 62.2 Å². The van der Waals surface area contributed by atoms with Gasteiger partial charge in [-0.1, -0.05) is 11.6 Å². The number of amides is 1. The van der Waals surface area contributed by atoms with Gasteiger partial charge < -0.3 is 10.1 Å². The number of anilines is 1. The summed E-state index contributed by atoms with van der Waals surface area (Å²) in [6, 6.07) is 11.0. The van der Waals surface area contributed by atoms with Crippen molar-refractivity contribution in [3.8, 4) is 5.75 Å². The predicted molar refractivity (Wildman–Crippen MR) is 105 cm³/mol. The summed E-state index contributed by atoms with van der Waals surface area (Å²) in [5.41, 5.74) is 0.728. The first-order valence-corrected chi connectivity index (χ1v) is 10.6. The molecule has 6 nitrogen and oxygen atoms in total. The van der Waals surface area contributed by atoms with Crippen LogP contribution < -0.4 is 10.1 Å². The molecule has 0 unspecified atom stereocenters. The zero-order valence-electron chi connectivity index (χ0n) is 14.9. The Bertz CT molecular complexity index is 923. The highest BCUT2D eigenvalue weighted by atomic mass is 35.5. The molecule has 0 bridgehead atoms. The van der Waals surface area contributed by atoms with Crippen LogP contribution in [0.5, 0.6) is 5.75 Å². The Morgan fingerprint density at radius 1 is 1.15 bits per heavy atom. The van der Waals surface area contributed by atoms with Crippen LogP contribution in [0, 0.1) is 0 Å². The van der Waals surface area contributed by atoms with E-state index >= 15 is 0 Å². The Hall–Kier alpha value is -2.09. The Labute approximate surface area is 164 Å². The molecule has 1 aliphatic heterocycles. The van der Waals surface area contributed by atoms with E-state index in [9.17, 15) is 13.2 Å². The van der Waals surface area contributed by atoms with E-state index in [0.29, 0.717) is 41.7 Å². The standard InChI is InChI=1S/C19H21ClN2O4S/c1-2-26-18-10-9-16(27(24,25)22-11-3-4-12-22)13-17(18)21-19(23)14-5-7-15(20)8-6-14/h5-10,13H,2-4,11-12H2,1H3,(H,21,23). The monoisotopic (exact) mass is 408 g/mol. The Morgan fingerprint density at radius 2 is 1.81 bits per heavy atom. The maximum Gasteiger partial charge on any atom is 0.255 e. The average molecular weight is 409 g/mol. The molecule has 1 fully saturated rings. The first-order valence-electron chi connectivity index (χ1n) is 8.75. The number of nitrogens with one attached hydrogen (secondary N) is 1. The predicted octanol–water partition coefficient (Wildman–Crippen LogP) is 3.78. The molecule has 1 saturated heterocycles. The number of carbonyl (C=O) groups is 1. The van der Waals surface area contributed by atoms with E-state index in [4.69, 9.17) is 16.3 Å². The van der Waals surface area contributed by atoms with E-state index in [1.165, 1.54) is 16.4 Å². The van der Waals surface area contributed by atoms with Gasteiger partial charge in [0, 0.05) is 23.7 Å². The minimum Gasteiger partial charge on any atom is -0.492 e. The van der Waals surface area contributed by atoms with Gasteiger partial charge in [-0.25, -0.2) is 8.42 Å². The van der Waals surface area contributed by atoms with E-state index in [-0.39, 0.29) is 10.8 Å². The van der Waals surface area contributed by atoms with E-state index in [0.717, 1.165) is 12.8 Å². The average Bonchev–Trinajstić information content (AvgIpc) is 3.19. The summed E-state index contributed by atoms with van der Waals surface area (Å²) in [6.07, 6.45) is 1.72. The van der Waals surface area contributed by atoms with Crippen LogP contribution in [0.25, 0.3) is 0 Å². The van der Waals surface area contributed by atoms with Gasteiger partial charge in [0.05, 0.1) is 17.2 Å². The van der Waals surface area contributed by atoms with Crippen LogP contribution in [0.3, 0.4) is 0 Å². The normalized spacial score (nSPS) is 14.9. The molecule has 1 amide bonds. The second kappa shape index (κ2) is 8.29. The molecule has 144 valence electrons. The van der Waals surface area contributed by atoms with E-state index in [2.05, 4.69) is 5.32 Å². The van der Waals surface area contributed by atoms with E-state index in [1.54, 1.807) is 30.3 Å². The number of rotatable bonds is 6. The van der Waals surface area contributed by atoms with Crippen molar-refractivity contribution in [1.82, 2.24) is 4.31 Å². The third-order valence-corrected chi connectivity index (χ3v) is 6.45. The van der Waals surface area contributed by atoms with Crippen molar-refractivity contribution in [2.24, 2.45) is 0 Å². The lowest BCUT2D eigenvalue weighted by molar-refractivity contribution is 0.102. The third-order valence-electron chi connectivity index (χ3n) is 4.31. The number of sulfonamides is 1. The molecule has 1 aliphatic rings. The summed E-state index contributed by atoms with van der Waals surface area (Å²) in [4.78, 5) is 12.7. The lowest BCUT2D eigenvalue weighted by Crippen LogP contribution is -2.28. The molecule has 0 saturated carbocycles. The molecular weight excluding hydrogens is 388 g/mol. The van der Waals surface area contributed by atoms with Crippen LogP contribution in [0.4, 0.5) is 5.69 Å². The Morgan fingerprint density at radius 3 is 2.44 bits per heavy atom. The number of carbonyl (C=O) groups excluding carboxylic acids is 1. The number of hydrogen-bond donors (Lipinski definition) is 1. The van der Waals surface area contributed by atoms with Crippen molar-refractivity contribution in [1.29, 1.82) is 0 Å². The minimum atomic E-state index is -3.59. The summed E-state index contributed by atoms with van der Waals surface area (Å²) in [7, 11) is -3.59. The summed E-state index contributed by atoms with van der Waals surface area (Å²) >= 11 is 5.85. The van der Waals surface area contributed by atoms with Crippen molar-refractivity contribution < 1.29 is 17.9 Å². The number of halogens is 1. The molecule has 3 rings (SSSR count). The largest absolute Gasteiger partial charge is 0.492 e. The van der Waals surface area contributed by atoms with Gasteiger partial charge in [0.2, 0.25) is 10.0 Å². The first kappa shape index (κ1) is 19.7. The lowest BCUT2D eigenvalue weighted by Gasteiger charge is -2.18. The van der Waals surface area contributed by atoms with Crippen LogP contribution in [-0.2, 0) is 10.0 Å². The molecule has 0 radical (unpaired) electrons. The van der Waals surface area contributed by atoms with Crippen molar-refractivity contribution >= 4 is 33.2 Å². The van der Waals surface area contributed by atoms with Crippen molar-refractivity contribution in [2.75, 3.05) is 25.0 Å². The fourth-order valence-electron chi connectivity index (χ4n) is 2.92. The molecule has 2 aromatic carbocycles. The molecule has 1 N–H and O–H groups in total. The van der Waals surface area contributed by atoms with Crippen LogP contribution in [-0.4, -0.2) is 38.3 Å². The highest BCUT2D eigenvalue weighted by Gasteiger charge is 2.28. The molecule has 0 atom stereocenters. The van der Waals surface area contributed by atoms with E-state index in [1.807, 2.05) is 6.92 Å². The van der Waals surface area contributed by atoms with Crippen molar-refractivity contribution in [2.45, 2.75) is 24.7 Å². The third kappa shape index (κ3) is 4.43. The Kier molecular flexibility index (Phi) is 6.04. The number of benzene rings is 2. The molecule has 0 spiro atoms. The van der Waals surface area contributed by atoms with Crippen LogP contribution in [0.1, 0.15) is 30.1 Å². The molecule has 0 aromatic heterocycles. The minimum absolute atomic E-state index is 0.138. The maximum atomic E-state index is 12.8. The zero-order chi connectivity index (χ0) is 19.4. The van der Waals surface area contributed by atoms with E-state index < -0.39 is 10.0 Å². The molecule has 27 heavy (non-hydrogen) atoms. The maximum absolute atomic E-state index is 12.8. The van der Waals surface area contributed by atoms with Gasteiger partial charge in [0.25, 0.3) is 5.91 Å². The fourth-order valence-corrected chi connectivity index (χ4v) is 4.59. The molecule has 0 aliphatic carbocycles. The van der Waals surface area contributed by atoms with Gasteiger partial charge in [-0.15, -0.1) is 0 Å². The number of nitrogens with zero attached hydrogens (tertiary/aromatic N) is 1. The molecule has 1 heterocycles. The first-order chi connectivity index (χ1) is 12.9. The van der Waals surface area contributed by atoms with Crippen LogP contribution in [0.15, 0.2) is 47.4 Å². The molecule has 8 heteroatoms. The molecular formula is C19H21ClN2O4S. The SMILES string of the molecule is CCOc1ccc(S(=O)(=O)N2CCCC2)cc1NC(=O)c1ccc(Cl)cc1. The van der Waals surface area contributed by atoms with Gasteiger partial charge in [-0.3, -0.25) is 4.79 Å². The smallest absolute Gasteiger partial charge is 0.255 e. The van der Waals surface area contributed by atoms with Gasteiger partial charge in [-0.2, -0.15) is 4.31 Å². The van der Waals surface area contributed by atoms with Gasteiger partial charge in [0.1, 0.15) is 5.75 Å². The van der Waals surface area contributed by atoms with Crippen molar-refractivity contribution in [3.05, 3.63) is 53.1 Å². The summed E-state index contributed by atoms with van der Waals surface area (Å²) in [6.45, 7) is 3.24. The Balaban J connectivity index is 1.92. The summed E-state index contributed by atoms with van der Waals surface area (Å²) in [5, 5.41) is 3.27. The van der Waals surface area contributed by atoms with Crippen LogP contribution >= 0.6 is 11.6 Å². The quantitative estimate of drug-likeness (QED) is 0.789.